The van der Waals surface area contributed by atoms with Gasteiger partial charge in [-0.25, -0.2) is 0 Å². The van der Waals surface area contributed by atoms with Crippen LogP contribution in [-0.4, -0.2) is 17.0 Å². The largest absolute Gasteiger partial charge is 0.389 e. The van der Waals surface area contributed by atoms with Gasteiger partial charge in [0.05, 0.1) is 6.10 Å². The summed E-state index contributed by atoms with van der Waals surface area (Å²) in [4.78, 5) is 12.0. The molecule has 1 fully saturated rings. The number of hydrogen-bond acceptors (Lipinski definition) is 2. The number of rotatable bonds is 4. The average molecular weight is 409 g/mol. The van der Waals surface area contributed by atoms with E-state index in [4.69, 9.17) is 0 Å². The molecule has 0 aliphatic heterocycles. The third kappa shape index (κ3) is 3.30. The molecule has 4 aliphatic carbocycles. The summed E-state index contributed by atoms with van der Waals surface area (Å²) in [6.45, 7) is 14.0. The van der Waals surface area contributed by atoms with Crippen LogP contribution in [0.15, 0.2) is 47.1 Å². The Kier molecular flexibility index (Phi) is 5.54. The maximum absolute atomic E-state index is 12.0. The van der Waals surface area contributed by atoms with Crippen molar-refractivity contribution in [1.29, 1.82) is 0 Å². The molecule has 0 amide bonds. The number of aliphatic hydroxyl groups is 1. The highest BCUT2D eigenvalue weighted by Crippen LogP contribution is 2.63. The molecule has 1 saturated carbocycles. The smallest absolute Gasteiger partial charge is 0.156 e. The molecule has 7 atom stereocenters. The molecule has 30 heavy (non-hydrogen) atoms. The molecule has 164 valence electrons. The van der Waals surface area contributed by atoms with Gasteiger partial charge < -0.3 is 5.11 Å². The van der Waals surface area contributed by atoms with E-state index >= 15 is 0 Å². The SMILES string of the molecule is CC(C)[C@@H](C)C=C[C@@H](C)[C@H]1C[C@@H](O)C2=C3C=CC4=CC(=O)CC[C@]4(C)[C@H]3CC[C@@]21C. The van der Waals surface area contributed by atoms with E-state index in [1.54, 1.807) is 0 Å². The molecule has 0 aromatic rings. The third-order valence-corrected chi connectivity index (χ3v) is 9.37. The fourth-order valence-corrected chi connectivity index (χ4v) is 6.93. The first-order valence-electron chi connectivity index (χ1n) is 12.1. The van der Waals surface area contributed by atoms with E-state index in [1.807, 2.05) is 6.08 Å². The van der Waals surface area contributed by atoms with Crippen LogP contribution in [0.25, 0.3) is 0 Å². The van der Waals surface area contributed by atoms with Crippen molar-refractivity contribution in [2.75, 3.05) is 0 Å². The van der Waals surface area contributed by atoms with Crippen molar-refractivity contribution in [3.63, 3.8) is 0 Å². The van der Waals surface area contributed by atoms with Crippen LogP contribution in [0.5, 0.6) is 0 Å². The number of carbonyl (C=O) groups is 1. The van der Waals surface area contributed by atoms with Crippen molar-refractivity contribution in [1.82, 2.24) is 0 Å². The third-order valence-electron chi connectivity index (χ3n) is 9.37. The van der Waals surface area contributed by atoms with Gasteiger partial charge in [-0.05, 0) is 88.9 Å². The molecule has 0 spiro atoms. The van der Waals surface area contributed by atoms with Crippen molar-refractivity contribution < 1.29 is 9.90 Å². The van der Waals surface area contributed by atoms with Crippen LogP contribution in [0.3, 0.4) is 0 Å². The second-order valence-electron chi connectivity index (χ2n) is 11.4. The molecule has 0 unspecified atom stereocenters. The molecular formula is C28H40O2. The van der Waals surface area contributed by atoms with Gasteiger partial charge in [-0.1, -0.05) is 65.8 Å². The lowest BCUT2D eigenvalue weighted by Gasteiger charge is -2.51. The highest BCUT2D eigenvalue weighted by Gasteiger charge is 2.55. The van der Waals surface area contributed by atoms with Crippen molar-refractivity contribution in [2.24, 2.45) is 40.4 Å². The molecule has 0 aromatic heterocycles. The lowest BCUT2D eigenvalue weighted by Crippen LogP contribution is -2.42. The minimum absolute atomic E-state index is 0.0440. The van der Waals surface area contributed by atoms with Gasteiger partial charge in [0.15, 0.2) is 5.78 Å². The van der Waals surface area contributed by atoms with E-state index < -0.39 is 0 Å². The van der Waals surface area contributed by atoms with Crippen LogP contribution in [0.1, 0.15) is 73.6 Å². The zero-order chi connectivity index (χ0) is 21.8. The predicted molar refractivity (Wildman–Crippen MR) is 124 cm³/mol. The molecule has 0 aromatic carbocycles. The summed E-state index contributed by atoms with van der Waals surface area (Å²) in [5.41, 5.74) is 4.03. The van der Waals surface area contributed by atoms with E-state index in [-0.39, 0.29) is 22.7 Å². The van der Waals surface area contributed by atoms with Crippen LogP contribution in [0.2, 0.25) is 0 Å². The first kappa shape index (κ1) is 21.8. The minimum atomic E-state index is -0.333. The molecule has 0 saturated heterocycles. The van der Waals surface area contributed by atoms with Gasteiger partial charge in [-0.15, -0.1) is 0 Å². The van der Waals surface area contributed by atoms with Crippen molar-refractivity contribution >= 4 is 5.78 Å². The number of ketones is 1. The van der Waals surface area contributed by atoms with E-state index in [2.05, 4.69) is 65.8 Å². The second-order valence-corrected chi connectivity index (χ2v) is 11.4. The normalized spacial score (nSPS) is 40.3. The van der Waals surface area contributed by atoms with E-state index in [1.165, 1.54) is 16.7 Å². The quantitative estimate of drug-likeness (QED) is 0.544. The van der Waals surface area contributed by atoms with Gasteiger partial charge in [-0.2, -0.15) is 0 Å². The van der Waals surface area contributed by atoms with Gasteiger partial charge in [0.2, 0.25) is 0 Å². The lowest BCUT2D eigenvalue weighted by molar-refractivity contribution is -0.116. The molecule has 0 heterocycles. The molecule has 0 radical (unpaired) electrons. The first-order valence-corrected chi connectivity index (χ1v) is 12.1. The standard InChI is InChI=1S/C28H40O2/c1-17(2)18(3)7-8-19(4)24-16-25(30)26-22-10-9-20-15-21(29)11-13-27(20,5)23(22)12-14-28(24,26)6/h7-10,15,17-19,23-25,30H,11-14,16H2,1-6H3/t18-,19+,23-,24+,25+,27-,28+/m0/s1. The lowest BCUT2D eigenvalue weighted by atomic mass is 9.53. The Morgan fingerprint density at radius 3 is 2.50 bits per heavy atom. The van der Waals surface area contributed by atoms with Crippen molar-refractivity contribution in [3.8, 4) is 0 Å². The summed E-state index contributed by atoms with van der Waals surface area (Å²) in [6, 6.07) is 0. The Hall–Kier alpha value is -1.41. The van der Waals surface area contributed by atoms with Crippen LogP contribution in [-0.2, 0) is 4.79 Å². The average Bonchev–Trinajstić information content (AvgIpc) is 2.97. The zero-order valence-electron chi connectivity index (χ0n) is 19.7. The number of carbonyl (C=O) groups excluding carboxylic acids is 1. The maximum atomic E-state index is 12.0. The number of hydrogen-bond donors (Lipinski definition) is 1. The van der Waals surface area contributed by atoms with E-state index in [0.717, 1.165) is 25.7 Å². The number of allylic oxidation sites excluding steroid dienone is 7. The molecular weight excluding hydrogens is 368 g/mol. The van der Waals surface area contributed by atoms with E-state index in [9.17, 15) is 9.90 Å². The fraction of sp³-hybridized carbons (Fsp3) is 0.679. The Labute approximate surface area is 183 Å². The second kappa shape index (κ2) is 7.62. The predicted octanol–water partition coefficient (Wildman–Crippen LogP) is 6.43. The zero-order valence-corrected chi connectivity index (χ0v) is 19.7. The molecule has 0 bridgehead atoms. The Balaban J connectivity index is 1.70. The number of fused-ring (bicyclic) bond motifs is 4. The van der Waals surface area contributed by atoms with Crippen LogP contribution in [0, 0.1) is 40.4 Å². The molecule has 4 rings (SSSR count). The van der Waals surface area contributed by atoms with Crippen LogP contribution >= 0.6 is 0 Å². The summed E-state index contributed by atoms with van der Waals surface area (Å²) in [7, 11) is 0. The monoisotopic (exact) mass is 408 g/mol. The Morgan fingerprint density at radius 2 is 1.80 bits per heavy atom. The summed E-state index contributed by atoms with van der Waals surface area (Å²) in [5.74, 6) is 2.89. The first-order chi connectivity index (χ1) is 14.1. The Morgan fingerprint density at radius 1 is 1.07 bits per heavy atom. The molecule has 1 N–H and O–H groups in total. The topological polar surface area (TPSA) is 37.3 Å². The van der Waals surface area contributed by atoms with Crippen molar-refractivity contribution in [3.05, 3.63) is 47.1 Å². The molecule has 2 nitrogen and oxygen atoms in total. The highest BCUT2D eigenvalue weighted by molar-refractivity contribution is 5.92. The summed E-state index contributed by atoms with van der Waals surface area (Å²) in [5, 5.41) is 11.3. The summed E-state index contributed by atoms with van der Waals surface area (Å²) >= 11 is 0. The van der Waals surface area contributed by atoms with Gasteiger partial charge in [-0.3, -0.25) is 4.79 Å². The van der Waals surface area contributed by atoms with E-state index in [0.29, 0.717) is 36.0 Å². The van der Waals surface area contributed by atoms with Gasteiger partial charge >= 0.3 is 0 Å². The number of aliphatic hydroxyl groups excluding tert-OH is 1. The maximum Gasteiger partial charge on any atom is 0.156 e. The van der Waals surface area contributed by atoms with Gasteiger partial charge in [0.25, 0.3) is 0 Å². The van der Waals surface area contributed by atoms with Gasteiger partial charge in [0, 0.05) is 6.42 Å². The van der Waals surface area contributed by atoms with Gasteiger partial charge in [0.1, 0.15) is 0 Å². The highest BCUT2D eigenvalue weighted by atomic mass is 16.3. The minimum Gasteiger partial charge on any atom is -0.389 e. The fourth-order valence-electron chi connectivity index (χ4n) is 6.93. The molecule has 2 heteroatoms. The van der Waals surface area contributed by atoms with Crippen LogP contribution in [0.4, 0.5) is 0 Å². The van der Waals surface area contributed by atoms with Crippen LogP contribution < -0.4 is 0 Å². The molecule has 4 aliphatic rings. The summed E-state index contributed by atoms with van der Waals surface area (Å²) in [6.07, 6.45) is 15.5. The van der Waals surface area contributed by atoms with Crippen molar-refractivity contribution in [2.45, 2.75) is 79.8 Å². The Bertz CT molecular complexity index is 841. The summed E-state index contributed by atoms with van der Waals surface area (Å²) < 4.78 is 0.